The number of hydrogen-bond acceptors (Lipinski definition) is 5. The Hall–Kier alpha value is -2.37. The molecule has 1 amide bonds. The molecule has 1 aromatic carbocycles. The maximum absolute atomic E-state index is 12.2. The van der Waals surface area contributed by atoms with Crippen LogP contribution in [-0.4, -0.2) is 48.9 Å². The maximum atomic E-state index is 12.2. The number of piperidine rings is 1. The molecule has 2 rings (SSSR count). The first-order valence-corrected chi connectivity index (χ1v) is 8.26. The van der Waals surface area contributed by atoms with Crippen molar-refractivity contribution >= 4 is 17.7 Å². The molecule has 1 fully saturated rings. The highest BCUT2D eigenvalue weighted by Crippen LogP contribution is 2.17. The number of rotatable bonds is 7. The number of benzene rings is 1. The summed E-state index contributed by atoms with van der Waals surface area (Å²) in [6.07, 6.45) is 1.24. The first-order valence-electron chi connectivity index (χ1n) is 8.26. The van der Waals surface area contributed by atoms with Gasteiger partial charge in [0.1, 0.15) is 11.7 Å². The summed E-state index contributed by atoms with van der Waals surface area (Å²) in [6, 6.07) is 9.41. The van der Waals surface area contributed by atoms with E-state index >= 15 is 0 Å². The van der Waals surface area contributed by atoms with Gasteiger partial charge in [-0.15, -0.1) is 0 Å². The lowest BCUT2D eigenvalue weighted by atomic mass is 9.95. The molecule has 1 saturated heterocycles. The van der Waals surface area contributed by atoms with Gasteiger partial charge in [0.15, 0.2) is 5.78 Å². The first-order chi connectivity index (χ1) is 11.6. The molecule has 0 spiro atoms. The summed E-state index contributed by atoms with van der Waals surface area (Å²) in [6.45, 7) is 2.81. The number of ketones is 1. The van der Waals surface area contributed by atoms with Crippen LogP contribution in [0.3, 0.4) is 0 Å². The Kier molecular flexibility index (Phi) is 6.78. The van der Waals surface area contributed by atoms with E-state index in [2.05, 4.69) is 0 Å². The van der Waals surface area contributed by atoms with Crippen LogP contribution in [0.15, 0.2) is 30.3 Å². The van der Waals surface area contributed by atoms with Crippen LogP contribution in [0.5, 0.6) is 5.75 Å². The molecule has 1 unspecified atom stereocenters. The lowest BCUT2D eigenvalue weighted by Gasteiger charge is -2.29. The molecule has 1 heterocycles. The third-order valence-corrected chi connectivity index (χ3v) is 3.89. The summed E-state index contributed by atoms with van der Waals surface area (Å²) in [5.74, 6) is -0.757. The summed E-state index contributed by atoms with van der Waals surface area (Å²) in [4.78, 5) is 37.4. The first kappa shape index (κ1) is 18.0. The Labute approximate surface area is 141 Å². The molecule has 0 aliphatic carbocycles. The predicted octanol–water partition coefficient (Wildman–Crippen LogP) is 1.83. The van der Waals surface area contributed by atoms with Crippen molar-refractivity contribution in [1.82, 2.24) is 4.90 Å². The van der Waals surface area contributed by atoms with E-state index in [4.69, 9.17) is 9.47 Å². The van der Waals surface area contributed by atoms with Crippen molar-refractivity contribution < 1.29 is 23.9 Å². The molecule has 130 valence electrons. The molecular formula is C18H23NO5. The summed E-state index contributed by atoms with van der Waals surface area (Å²) >= 11 is 0. The second kappa shape index (κ2) is 9.05. The van der Waals surface area contributed by atoms with Crippen LogP contribution in [0.1, 0.15) is 26.2 Å². The zero-order chi connectivity index (χ0) is 17.4. The highest BCUT2D eigenvalue weighted by molar-refractivity contribution is 6.01. The van der Waals surface area contributed by atoms with E-state index in [1.165, 1.54) is 4.90 Å². The number of hydrogen-bond donors (Lipinski definition) is 0. The number of carbonyl (C=O) groups excluding carboxylic acids is 3. The van der Waals surface area contributed by atoms with Crippen LogP contribution in [0.4, 0.5) is 0 Å². The Morgan fingerprint density at radius 1 is 1.25 bits per heavy atom. The van der Waals surface area contributed by atoms with Crippen molar-refractivity contribution in [2.75, 3.05) is 26.3 Å². The van der Waals surface area contributed by atoms with E-state index in [0.717, 1.165) is 5.75 Å². The third kappa shape index (κ3) is 5.08. The van der Waals surface area contributed by atoms with Gasteiger partial charge >= 0.3 is 5.97 Å². The summed E-state index contributed by atoms with van der Waals surface area (Å²) in [5.41, 5.74) is 0. The maximum Gasteiger partial charge on any atom is 0.316 e. The van der Waals surface area contributed by atoms with Gasteiger partial charge in [-0.25, -0.2) is 0 Å². The quantitative estimate of drug-likeness (QED) is 0.432. The van der Waals surface area contributed by atoms with Gasteiger partial charge < -0.3 is 14.4 Å². The van der Waals surface area contributed by atoms with Gasteiger partial charge in [0, 0.05) is 13.0 Å². The van der Waals surface area contributed by atoms with Crippen molar-refractivity contribution in [2.24, 2.45) is 5.92 Å². The average molecular weight is 333 g/mol. The van der Waals surface area contributed by atoms with Crippen LogP contribution >= 0.6 is 0 Å². The summed E-state index contributed by atoms with van der Waals surface area (Å²) in [7, 11) is 0. The molecule has 1 aromatic rings. The standard InChI is InChI=1S/C18H23NO5/c1-2-23-18(22)15-10-11-19(13-16(15)20)17(21)9-6-12-24-14-7-4-3-5-8-14/h3-5,7-8,15H,2,6,9-13H2,1H3. The molecule has 0 radical (unpaired) electrons. The van der Waals surface area contributed by atoms with Gasteiger partial charge in [0.25, 0.3) is 0 Å². The van der Waals surface area contributed by atoms with E-state index in [9.17, 15) is 14.4 Å². The normalized spacial score (nSPS) is 17.5. The van der Waals surface area contributed by atoms with Crippen molar-refractivity contribution in [1.29, 1.82) is 0 Å². The van der Waals surface area contributed by atoms with Crippen LogP contribution in [0, 0.1) is 5.92 Å². The van der Waals surface area contributed by atoms with Crippen molar-refractivity contribution in [3.8, 4) is 5.75 Å². The summed E-state index contributed by atoms with van der Waals surface area (Å²) < 4.78 is 10.4. The number of para-hydroxylation sites is 1. The minimum absolute atomic E-state index is 0.0120. The van der Waals surface area contributed by atoms with Crippen LogP contribution < -0.4 is 4.74 Å². The van der Waals surface area contributed by atoms with Crippen molar-refractivity contribution in [2.45, 2.75) is 26.2 Å². The van der Waals surface area contributed by atoms with Gasteiger partial charge in [-0.05, 0) is 31.9 Å². The fourth-order valence-corrected chi connectivity index (χ4v) is 2.62. The molecule has 0 aromatic heterocycles. The van der Waals surface area contributed by atoms with Crippen LogP contribution in [0.25, 0.3) is 0 Å². The van der Waals surface area contributed by atoms with Gasteiger partial charge in [-0.3, -0.25) is 14.4 Å². The Balaban J connectivity index is 1.70. The molecule has 6 heteroatoms. The molecular weight excluding hydrogens is 310 g/mol. The fourth-order valence-electron chi connectivity index (χ4n) is 2.62. The average Bonchev–Trinajstić information content (AvgIpc) is 2.59. The Morgan fingerprint density at radius 3 is 2.67 bits per heavy atom. The van der Waals surface area contributed by atoms with E-state index in [-0.39, 0.29) is 24.8 Å². The molecule has 1 aliphatic rings. The van der Waals surface area contributed by atoms with Crippen molar-refractivity contribution in [3.05, 3.63) is 30.3 Å². The van der Waals surface area contributed by atoms with E-state index in [1.54, 1.807) is 6.92 Å². The number of nitrogens with zero attached hydrogens (tertiary/aromatic N) is 1. The molecule has 24 heavy (non-hydrogen) atoms. The molecule has 0 N–H and O–H groups in total. The van der Waals surface area contributed by atoms with Gasteiger partial charge in [0.05, 0.1) is 19.8 Å². The van der Waals surface area contributed by atoms with E-state index < -0.39 is 11.9 Å². The SMILES string of the molecule is CCOC(=O)C1CCN(C(=O)CCCOc2ccccc2)CC1=O. The third-order valence-electron chi connectivity index (χ3n) is 3.89. The second-order valence-corrected chi connectivity index (χ2v) is 5.64. The van der Waals surface area contributed by atoms with Crippen LogP contribution in [0.2, 0.25) is 0 Å². The zero-order valence-corrected chi connectivity index (χ0v) is 13.9. The lowest BCUT2D eigenvalue weighted by Crippen LogP contribution is -2.46. The van der Waals surface area contributed by atoms with Crippen LogP contribution in [-0.2, 0) is 19.1 Å². The summed E-state index contributed by atoms with van der Waals surface area (Å²) in [5, 5.41) is 0. The highest BCUT2D eigenvalue weighted by atomic mass is 16.5. The predicted molar refractivity (Wildman–Crippen MR) is 87.5 cm³/mol. The van der Waals surface area contributed by atoms with Gasteiger partial charge in [-0.2, -0.15) is 0 Å². The minimum Gasteiger partial charge on any atom is -0.494 e. The van der Waals surface area contributed by atoms with E-state index in [0.29, 0.717) is 32.4 Å². The largest absolute Gasteiger partial charge is 0.494 e. The van der Waals surface area contributed by atoms with Gasteiger partial charge in [-0.1, -0.05) is 18.2 Å². The van der Waals surface area contributed by atoms with Crippen molar-refractivity contribution in [3.63, 3.8) is 0 Å². The van der Waals surface area contributed by atoms with Gasteiger partial charge in [0.2, 0.25) is 5.91 Å². The number of amides is 1. The second-order valence-electron chi connectivity index (χ2n) is 5.64. The number of Topliss-reactive ketones (excluding diaryl/α,β-unsaturated/α-hetero) is 1. The lowest BCUT2D eigenvalue weighted by molar-refractivity contribution is -0.156. The fraction of sp³-hybridized carbons (Fsp3) is 0.500. The number of esters is 1. The van der Waals surface area contributed by atoms with E-state index in [1.807, 2.05) is 30.3 Å². The number of ether oxygens (including phenoxy) is 2. The molecule has 1 atom stereocenters. The highest BCUT2D eigenvalue weighted by Gasteiger charge is 2.34. The molecule has 0 saturated carbocycles. The smallest absolute Gasteiger partial charge is 0.316 e. The molecule has 6 nitrogen and oxygen atoms in total. The Bertz CT molecular complexity index is 572. The zero-order valence-electron chi connectivity index (χ0n) is 13.9. The number of likely N-dealkylation sites (tertiary alicyclic amines) is 1. The monoisotopic (exact) mass is 333 g/mol. The molecule has 0 bridgehead atoms. The topological polar surface area (TPSA) is 72.9 Å². The minimum atomic E-state index is -0.726. The Morgan fingerprint density at radius 2 is 2.00 bits per heavy atom. The number of carbonyl (C=O) groups is 3. The molecule has 1 aliphatic heterocycles.